The summed E-state index contributed by atoms with van der Waals surface area (Å²) in [6.45, 7) is 5.91. The van der Waals surface area contributed by atoms with Gasteiger partial charge in [0.25, 0.3) is 0 Å². The van der Waals surface area contributed by atoms with Crippen molar-refractivity contribution in [1.29, 1.82) is 0 Å². The van der Waals surface area contributed by atoms with E-state index in [9.17, 15) is 0 Å². The van der Waals surface area contributed by atoms with Crippen molar-refractivity contribution in [2.45, 2.75) is 77.6 Å². The number of nitrogens with zero attached hydrogens (tertiary/aromatic N) is 2. The van der Waals surface area contributed by atoms with Gasteiger partial charge in [0.1, 0.15) is 5.84 Å². The van der Waals surface area contributed by atoms with E-state index < -0.39 is 0 Å². The standard InChI is InChI=1S/C17H32N2/c1-2-3-4-5-6-7-11-16-12-8-9-14-19-15-10-13-18-17(16)19/h16H,2-15H2,1H3. The van der Waals surface area contributed by atoms with E-state index in [0.717, 1.165) is 12.5 Å². The van der Waals surface area contributed by atoms with E-state index in [0.29, 0.717) is 0 Å². The fourth-order valence-corrected chi connectivity index (χ4v) is 3.55. The molecular formula is C17H32N2. The normalized spacial score (nSPS) is 23.7. The molecule has 0 aliphatic carbocycles. The molecule has 0 amide bonds. The predicted molar refractivity (Wildman–Crippen MR) is 83.8 cm³/mol. The van der Waals surface area contributed by atoms with Crippen LogP contribution in [0.3, 0.4) is 0 Å². The van der Waals surface area contributed by atoms with E-state index in [2.05, 4.69) is 11.8 Å². The number of aliphatic imine (C=N–C) groups is 1. The average molecular weight is 264 g/mol. The number of rotatable bonds is 7. The Balaban J connectivity index is 1.72. The third-order valence-electron chi connectivity index (χ3n) is 4.69. The summed E-state index contributed by atoms with van der Waals surface area (Å²) >= 11 is 0. The zero-order chi connectivity index (χ0) is 13.3. The molecule has 2 heterocycles. The van der Waals surface area contributed by atoms with Gasteiger partial charge in [0.05, 0.1) is 0 Å². The Labute approximate surface area is 119 Å². The Morgan fingerprint density at radius 3 is 2.68 bits per heavy atom. The summed E-state index contributed by atoms with van der Waals surface area (Å²) < 4.78 is 0. The molecule has 2 aliphatic rings. The van der Waals surface area contributed by atoms with Gasteiger partial charge in [-0.1, -0.05) is 51.9 Å². The maximum atomic E-state index is 4.86. The van der Waals surface area contributed by atoms with E-state index in [4.69, 9.17) is 4.99 Å². The summed E-state index contributed by atoms with van der Waals surface area (Å²) in [5.74, 6) is 2.27. The largest absolute Gasteiger partial charge is 0.360 e. The van der Waals surface area contributed by atoms with Crippen molar-refractivity contribution in [3.63, 3.8) is 0 Å². The fraction of sp³-hybridized carbons (Fsp3) is 0.941. The summed E-state index contributed by atoms with van der Waals surface area (Å²) in [5, 5.41) is 0. The van der Waals surface area contributed by atoms with E-state index >= 15 is 0 Å². The Morgan fingerprint density at radius 1 is 1.00 bits per heavy atom. The molecule has 0 bridgehead atoms. The molecule has 0 aromatic rings. The molecule has 1 saturated heterocycles. The van der Waals surface area contributed by atoms with Crippen molar-refractivity contribution in [2.24, 2.45) is 10.9 Å². The van der Waals surface area contributed by atoms with Crippen molar-refractivity contribution < 1.29 is 0 Å². The van der Waals surface area contributed by atoms with Crippen LogP contribution in [0.5, 0.6) is 0 Å². The van der Waals surface area contributed by atoms with Crippen LogP contribution in [0.1, 0.15) is 77.6 Å². The van der Waals surface area contributed by atoms with Gasteiger partial charge in [-0.3, -0.25) is 4.99 Å². The zero-order valence-electron chi connectivity index (χ0n) is 12.9. The van der Waals surface area contributed by atoms with E-state index in [-0.39, 0.29) is 0 Å². The third kappa shape index (κ3) is 4.81. The Morgan fingerprint density at radius 2 is 1.79 bits per heavy atom. The van der Waals surface area contributed by atoms with E-state index in [1.165, 1.54) is 89.6 Å². The predicted octanol–water partition coefficient (Wildman–Crippen LogP) is 4.64. The highest BCUT2D eigenvalue weighted by Crippen LogP contribution is 2.26. The zero-order valence-corrected chi connectivity index (χ0v) is 12.9. The summed E-state index contributed by atoms with van der Waals surface area (Å²) in [5.41, 5.74) is 0. The highest BCUT2D eigenvalue weighted by molar-refractivity contribution is 5.85. The molecule has 2 rings (SSSR count). The van der Waals surface area contributed by atoms with Crippen LogP contribution in [-0.4, -0.2) is 30.4 Å². The van der Waals surface area contributed by atoms with Gasteiger partial charge < -0.3 is 4.90 Å². The van der Waals surface area contributed by atoms with Gasteiger partial charge >= 0.3 is 0 Å². The fourth-order valence-electron chi connectivity index (χ4n) is 3.55. The molecule has 1 fully saturated rings. The quantitative estimate of drug-likeness (QED) is 0.612. The Kier molecular flexibility index (Phi) is 6.73. The van der Waals surface area contributed by atoms with Crippen LogP contribution in [0.4, 0.5) is 0 Å². The average Bonchev–Trinajstić information content (AvgIpc) is 2.65. The van der Waals surface area contributed by atoms with E-state index in [1.54, 1.807) is 0 Å². The SMILES string of the molecule is CCCCCCCCC1CCCCN2CCCN=C12. The number of fused-ring (bicyclic) bond motifs is 1. The first kappa shape index (κ1) is 14.9. The highest BCUT2D eigenvalue weighted by Gasteiger charge is 2.25. The lowest BCUT2D eigenvalue weighted by Crippen LogP contribution is -2.39. The summed E-state index contributed by atoms with van der Waals surface area (Å²) in [7, 11) is 0. The number of hydrogen-bond acceptors (Lipinski definition) is 2. The minimum atomic E-state index is 0.786. The maximum Gasteiger partial charge on any atom is 0.102 e. The van der Waals surface area contributed by atoms with Crippen molar-refractivity contribution in [3.8, 4) is 0 Å². The topological polar surface area (TPSA) is 15.6 Å². The molecule has 1 atom stereocenters. The molecule has 2 aliphatic heterocycles. The van der Waals surface area contributed by atoms with Crippen molar-refractivity contribution in [2.75, 3.05) is 19.6 Å². The second kappa shape index (κ2) is 8.60. The van der Waals surface area contributed by atoms with Gasteiger partial charge in [-0.05, 0) is 25.7 Å². The Hall–Kier alpha value is -0.530. The van der Waals surface area contributed by atoms with Crippen LogP contribution in [0.25, 0.3) is 0 Å². The molecule has 2 heteroatoms. The Bertz CT molecular complexity index is 272. The van der Waals surface area contributed by atoms with Crippen LogP contribution < -0.4 is 0 Å². The monoisotopic (exact) mass is 264 g/mol. The molecule has 1 unspecified atom stereocenters. The second-order valence-corrected chi connectivity index (χ2v) is 6.33. The molecule has 2 nitrogen and oxygen atoms in total. The molecule has 0 aromatic carbocycles. The number of hydrogen-bond donors (Lipinski definition) is 0. The van der Waals surface area contributed by atoms with Crippen LogP contribution in [0.2, 0.25) is 0 Å². The van der Waals surface area contributed by atoms with Gasteiger partial charge in [0.15, 0.2) is 0 Å². The maximum absolute atomic E-state index is 4.86. The van der Waals surface area contributed by atoms with Crippen LogP contribution in [0.15, 0.2) is 4.99 Å². The molecule has 110 valence electrons. The molecule has 19 heavy (non-hydrogen) atoms. The molecule has 0 aromatic heterocycles. The number of amidine groups is 1. The van der Waals surface area contributed by atoms with Crippen molar-refractivity contribution in [3.05, 3.63) is 0 Å². The van der Waals surface area contributed by atoms with Crippen LogP contribution in [0, 0.1) is 5.92 Å². The lowest BCUT2D eigenvalue weighted by molar-refractivity contribution is 0.378. The van der Waals surface area contributed by atoms with Gasteiger partial charge in [-0.25, -0.2) is 0 Å². The van der Waals surface area contributed by atoms with Crippen LogP contribution in [-0.2, 0) is 0 Å². The van der Waals surface area contributed by atoms with Crippen molar-refractivity contribution >= 4 is 5.84 Å². The molecular weight excluding hydrogens is 232 g/mol. The first-order valence-corrected chi connectivity index (χ1v) is 8.71. The lowest BCUT2D eigenvalue weighted by atomic mass is 9.94. The summed E-state index contributed by atoms with van der Waals surface area (Å²) in [6.07, 6.45) is 15.4. The van der Waals surface area contributed by atoms with Crippen molar-refractivity contribution in [1.82, 2.24) is 4.90 Å². The smallest absolute Gasteiger partial charge is 0.102 e. The van der Waals surface area contributed by atoms with Crippen LogP contribution >= 0.6 is 0 Å². The van der Waals surface area contributed by atoms with Gasteiger partial charge in [0.2, 0.25) is 0 Å². The summed E-state index contributed by atoms with van der Waals surface area (Å²) in [6, 6.07) is 0. The minimum absolute atomic E-state index is 0.786. The van der Waals surface area contributed by atoms with Gasteiger partial charge in [-0.2, -0.15) is 0 Å². The molecule has 0 radical (unpaired) electrons. The lowest BCUT2D eigenvalue weighted by Gasteiger charge is -2.31. The minimum Gasteiger partial charge on any atom is -0.360 e. The first-order valence-electron chi connectivity index (χ1n) is 8.71. The number of unbranched alkanes of at least 4 members (excludes halogenated alkanes) is 5. The highest BCUT2D eigenvalue weighted by atomic mass is 15.2. The van der Waals surface area contributed by atoms with Gasteiger partial charge in [0, 0.05) is 25.6 Å². The second-order valence-electron chi connectivity index (χ2n) is 6.33. The first-order chi connectivity index (χ1) is 9.42. The molecule has 0 spiro atoms. The summed E-state index contributed by atoms with van der Waals surface area (Å²) in [4.78, 5) is 7.46. The third-order valence-corrected chi connectivity index (χ3v) is 4.69. The van der Waals surface area contributed by atoms with E-state index in [1.807, 2.05) is 0 Å². The molecule has 0 N–H and O–H groups in total. The van der Waals surface area contributed by atoms with Gasteiger partial charge in [-0.15, -0.1) is 0 Å². The molecule has 0 saturated carbocycles.